The molecular weight excluding hydrogens is 392 g/mol. The van der Waals surface area contributed by atoms with Gasteiger partial charge in [0.05, 0.1) is 16.8 Å². The third-order valence-corrected chi connectivity index (χ3v) is 5.99. The van der Waals surface area contributed by atoms with Crippen LogP contribution in [0.3, 0.4) is 0 Å². The summed E-state index contributed by atoms with van der Waals surface area (Å²) < 4.78 is 32.6. The lowest BCUT2D eigenvalue weighted by molar-refractivity contribution is -0.123. The van der Waals surface area contributed by atoms with Crippen LogP contribution in [0, 0.1) is 17.8 Å². The number of allylic oxidation sites excluding steroid dienone is 2. The van der Waals surface area contributed by atoms with E-state index in [9.17, 15) is 18.0 Å². The minimum absolute atomic E-state index is 0.00419. The maximum atomic E-state index is 12.5. The summed E-state index contributed by atoms with van der Waals surface area (Å²) in [6.45, 7) is 1.97. The van der Waals surface area contributed by atoms with Crippen molar-refractivity contribution in [3.8, 4) is 5.75 Å². The lowest BCUT2D eigenvalue weighted by atomic mass is 9.67. The van der Waals surface area contributed by atoms with Crippen molar-refractivity contribution in [1.29, 1.82) is 0 Å². The van der Waals surface area contributed by atoms with Crippen molar-refractivity contribution in [1.82, 2.24) is 0 Å². The molecule has 3 atom stereocenters. The highest BCUT2D eigenvalue weighted by Crippen LogP contribution is 2.42. The first kappa shape index (κ1) is 19.9. The highest BCUT2D eigenvalue weighted by Gasteiger charge is 2.40. The summed E-state index contributed by atoms with van der Waals surface area (Å²) >= 11 is 6.08. The fourth-order valence-electron chi connectivity index (χ4n) is 3.87. The fraction of sp³-hybridized carbons (Fsp3) is 0.474. The molecule has 146 valence electrons. The molecule has 0 heterocycles. The maximum absolute atomic E-state index is 12.5. The normalized spacial score (nSPS) is 25.4. The molecule has 8 heteroatoms. The van der Waals surface area contributed by atoms with E-state index in [-0.39, 0.29) is 39.9 Å². The number of carbonyl (C=O) groups is 2. The minimum Gasteiger partial charge on any atom is -0.427 e. The van der Waals surface area contributed by atoms with Gasteiger partial charge in [0.2, 0.25) is 0 Å². The van der Waals surface area contributed by atoms with Crippen molar-refractivity contribution in [2.75, 3.05) is 6.26 Å². The largest absolute Gasteiger partial charge is 0.427 e. The van der Waals surface area contributed by atoms with Crippen LogP contribution in [0.2, 0.25) is 5.02 Å². The molecule has 0 aliphatic heterocycles. The Balaban J connectivity index is 1.78. The summed E-state index contributed by atoms with van der Waals surface area (Å²) in [5, 5.41) is 0.00656. The van der Waals surface area contributed by atoms with Crippen molar-refractivity contribution in [3.63, 3.8) is 0 Å². The van der Waals surface area contributed by atoms with E-state index < -0.39 is 16.1 Å². The number of carbonyl (C=O) groups excluding carboxylic acids is 2. The van der Waals surface area contributed by atoms with Gasteiger partial charge in [-0.2, -0.15) is 8.42 Å². The Labute approximate surface area is 163 Å². The molecule has 0 N–H and O–H groups in total. The summed E-state index contributed by atoms with van der Waals surface area (Å²) in [6.07, 6.45) is 6.32. The third-order valence-electron chi connectivity index (χ3n) is 5.18. The predicted octanol–water partition coefficient (Wildman–Crippen LogP) is 3.74. The minimum atomic E-state index is -3.70. The van der Waals surface area contributed by atoms with Crippen LogP contribution < -0.4 is 4.18 Å². The third kappa shape index (κ3) is 4.52. The van der Waals surface area contributed by atoms with Crippen LogP contribution in [0.1, 0.15) is 43.0 Å². The molecule has 6 nitrogen and oxygen atoms in total. The van der Waals surface area contributed by atoms with Crippen LogP contribution in [-0.4, -0.2) is 26.4 Å². The number of ether oxygens (including phenoxy) is 1. The molecule has 0 bridgehead atoms. The summed E-state index contributed by atoms with van der Waals surface area (Å²) in [5.41, 5.74) is 0.0730. The van der Waals surface area contributed by atoms with Crippen molar-refractivity contribution in [2.24, 2.45) is 17.8 Å². The van der Waals surface area contributed by atoms with E-state index >= 15 is 0 Å². The van der Waals surface area contributed by atoms with Crippen LogP contribution in [0.25, 0.3) is 0 Å². The summed E-state index contributed by atoms with van der Waals surface area (Å²) in [7, 11) is -3.70. The molecule has 1 aromatic carbocycles. The molecular formula is C19H21ClO6S. The van der Waals surface area contributed by atoms with E-state index in [0.717, 1.165) is 31.9 Å². The fourth-order valence-corrected chi connectivity index (χ4v) is 4.57. The van der Waals surface area contributed by atoms with Gasteiger partial charge < -0.3 is 8.92 Å². The lowest BCUT2D eigenvalue weighted by Crippen LogP contribution is -2.36. The number of rotatable bonds is 4. The SMILES string of the molecule is CC1C(OC(=O)c2ccc(OS(C)(=O)=O)cc2Cl)=CC(=O)C2CCCCC12. The van der Waals surface area contributed by atoms with Crippen LogP contribution in [0.15, 0.2) is 30.0 Å². The van der Waals surface area contributed by atoms with Crippen molar-refractivity contribution in [2.45, 2.75) is 32.6 Å². The quantitative estimate of drug-likeness (QED) is 0.553. The average molecular weight is 413 g/mol. The van der Waals surface area contributed by atoms with Crippen molar-refractivity contribution in [3.05, 3.63) is 40.6 Å². The number of hydrogen-bond acceptors (Lipinski definition) is 6. The number of halogens is 1. The molecule has 1 aromatic rings. The first-order chi connectivity index (χ1) is 12.7. The van der Waals surface area contributed by atoms with Crippen molar-refractivity contribution >= 4 is 33.5 Å². The first-order valence-electron chi connectivity index (χ1n) is 8.82. The zero-order chi connectivity index (χ0) is 19.8. The zero-order valence-corrected chi connectivity index (χ0v) is 16.7. The molecule has 1 fully saturated rings. The second-order valence-corrected chi connectivity index (χ2v) is 9.09. The Morgan fingerprint density at radius 1 is 1.22 bits per heavy atom. The van der Waals surface area contributed by atoms with Gasteiger partial charge in [-0.3, -0.25) is 4.79 Å². The smallest absolute Gasteiger partial charge is 0.344 e. The molecule has 2 aliphatic rings. The topological polar surface area (TPSA) is 86.7 Å². The number of ketones is 1. The summed E-state index contributed by atoms with van der Waals surface area (Å²) in [5.74, 6) is -0.115. The molecule has 3 rings (SSSR count). The molecule has 0 spiro atoms. The molecule has 0 saturated heterocycles. The number of hydrogen-bond donors (Lipinski definition) is 0. The van der Waals surface area contributed by atoms with E-state index in [1.807, 2.05) is 6.92 Å². The van der Waals surface area contributed by atoms with Gasteiger partial charge in [-0.1, -0.05) is 31.4 Å². The first-order valence-corrected chi connectivity index (χ1v) is 11.0. The summed E-state index contributed by atoms with van der Waals surface area (Å²) in [4.78, 5) is 24.9. The average Bonchev–Trinajstić information content (AvgIpc) is 2.58. The van der Waals surface area contributed by atoms with Gasteiger partial charge in [-0.15, -0.1) is 0 Å². The van der Waals surface area contributed by atoms with Gasteiger partial charge in [0.1, 0.15) is 11.5 Å². The maximum Gasteiger partial charge on any atom is 0.344 e. The summed E-state index contributed by atoms with van der Waals surface area (Å²) in [6, 6.07) is 3.90. The van der Waals surface area contributed by atoms with Crippen LogP contribution >= 0.6 is 11.6 Å². The highest BCUT2D eigenvalue weighted by atomic mass is 35.5. The molecule has 3 unspecified atom stereocenters. The van der Waals surface area contributed by atoms with Gasteiger partial charge in [0.15, 0.2) is 5.78 Å². The van der Waals surface area contributed by atoms with E-state index in [0.29, 0.717) is 5.76 Å². The van der Waals surface area contributed by atoms with Gasteiger partial charge in [-0.25, -0.2) is 4.79 Å². The zero-order valence-electron chi connectivity index (χ0n) is 15.1. The van der Waals surface area contributed by atoms with Crippen LogP contribution in [0.4, 0.5) is 0 Å². The Morgan fingerprint density at radius 2 is 1.93 bits per heavy atom. The highest BCUT2D eigenvalue weighted by molar-refractivity contribution is 7.86. The predicted molar refractivity (Wildman–Crippen MR) is 100 cm³/mol. The van der Waals surface area contributed by atoms with E-state index in [2.05, 4.69) is 0 Å². The monoisotopic (exact) mass is 412 g/mol. The van der Waals surface area contributed by atoms with E-state index in [1.165, 1.54) is 24.3 Å². The van der Waals surface area contributed by atoms with Gasteiger partial charge in [0, 0.05) is 24.0 Å². The Hall–Kier alpha value is -1.86. The van der Waals surface area contributed by atoms with E-state index in [1.54, 1.807) is 0 Å². The Morgan fingerprint density at radius 3 is 2.59 bits per heavy atom. The van der Waals surface area contributed by atoms with Gasteiger partial charge in [-0.05, 0) is 30.9 Å². The van der Waals surface area contributed by atoms with Crippen LogP contribution in [0.5, 0.6) is 5.75 Å². The molecule has 0 aromatic heterocycles. The van der Waals surface area contributed by atoms with Crippen molar-refractivity contribution < 1.29 is 26.9 Å². The number of esters is 1. The Bertz CT molecular complexity index is 905. The molecule has 0 amide bonds. The number of fused-ring (bicyclic) bond motifs is 1. The van der Waals surface area contributed by atoms with Gasteiger partial charge >= 0.3 is 16.1 Å². The Kier molecular flexibility index (Phi) is 5.63. The number of benzene rings is 1. The van der Waals surface area contributed by atoms with Gasteiger partial charge in [0.25, 0.3) is 0 Å². The molecule has 0 radical (unpaired) electrons. The second-order valence-electron chi connectivity index (χ2n) is 7.11. The lowest BCUT2D eigenvalue weighted by Gasteiger charge is -2.38. The second kappa shape index (κ2) is 7.64. The van der Waals surface area contributed by atoms with E-state index in [4.69, 9.17) is 20.5 Å². The van der Waals surface area contributed by atoms with Crippen LogP contribution in [-0.2, 0) is 19.6 Å². The molecule has 27 heavy (non-hydrogen) atoms. The standard InChI is InChI=1S/C19H21ClO6S/c1-11-13-5-3-4-6-14(13)17(21)10-18(11)25-19(22)15-8-7-12(9-16(15)20)26-27(2,23)24/h7-11,13-14H,3-6H2,1-2H3. The molecule has 1 saturated carbocycles. The molecule has 2 aliphatic carbocycles.